The highest BCUT2D eigenvalue weighted by atomic mass is 32.2. The van der Waals surface area contributed by atoms with Crippen molar-refractivity contribution in [1.29, 1.82) is 0 Å². The molecule has 1 fully saturated rings. The van der Waals surface area contributed by atoms with Gasteiger partial charge in [0.25, 0.3) is 15.7 Å². The molecule has 0 aromatic heterocycles. The van der Waals surface area contributed by atoms with E-state index in [2.05, 4.69) is 0 Å². The van der Waals surface area contributed by atoms with Crippen LogP contribution in [0, 0.1) is 10.1 Å². The number of ether oxygens (including phenoxy) is 7. The lowest BCUT2D eigenvalue weighted by Crippen LogP contribution is -2.68. The van der Waals surface area contributed by atoms with E-state index in [1.807, 2.05) is 0 Å². The number of carbonyl (C=O) groups excluding carboxylic acids is 6. The fourth-order valence-corrected chi connectivity index (χ4v) is 7.05. The lowest BCUT2D eigenvalue weighted by molar-refractivity contribution is -0.387. The summed E-state index contributed by atoms with van der Waals surface area (Å²) < 4.78 is 68.7. The van der Waals surface area contributed by atoms with Crippen molar-refractivity contribution in [3.63, 3.8) is 0 Å². The molecule has 0 N–H and O–H groups in total. The first-order valence-electron chi connectivity index (χ1n) is 16.3. The first-order valence-corrected chi connectivity index (χ1v) is 17.7. The minimum absolute atomic E-state index is 0.308. The molecule has 1 saturated heterocycles. The molecule has 0 saturated carbocycles. The second-order valence-corrected chi connectivity index (χ2v) is 15.6. The summed E-state index contributed by atoms with van der Waals surface area (Å²) in [5, 5.41) is 12.2. The normalized spacial score (nSPS) is 21.1. The minimum Gasteiger partial charge on any atom is -0.463 e. The Hall–Kier alpha value is -4.69. The number of nitro benzene ring substituents is 1. The quantitative estimate of drug-likeness (QED) is 0.114. The van der Waals surface area contributed by atoms with E-state index in [0.29, 0.717) is 4.31 Å². The lowest BCUT2D eigenvalue weighted by atomic mass is 9.96. The zero-order chi connectivity index (χ0) is 40.6. The van der Waals surface area contributed by atoms with Gasteiger partial charge in [0.05, 0.1) is 4.92 Å². The maximum Gasteiger partial charge on any atom is 0.325 e. The molecule has 20 heteroatoms. The Bertz CT molecular complexity index is 1660. The van der Waals surface area contributed by atoms with E-state index in [-0.39, 0.29) is 0 Å². The van der Waals surface area contributed by atoms with Gasteiger partial charge >= 0.3 is 35.8 Å². The Labute approximate surface area is 306 Å². The van der Waals surface area contributed by atoms with Crippen LogP contribution in [0.4, 0.5) is 5.69 Å². The van der Waals surface area contributed by atoms with Crippen molar-refractivity contribution in [2.75, 3.05) is 6.61 Å². The number of benzene rings is 1. The molecule has 2 rings (SSSR count). The number of hydrogen-bond donors (Lipinski definition) is 0. The highest BCUT2D eigenvalue weighted by Gasteiger charge is 2.58. The molecule has 53 heavy (non-hydrogen) atoms. The predicted molar refractivity (Wildman–Crippen MR) is 179 cm³/mol. The van der Waals surface area contributed by atoms with Crippen LogP contribution in [0.15, 0.2) is 29.2 Å². The van der Waals surface area contributed by atoms with Crippen molar-refractivity contribution < 1.29 is 75.3 Å². The maximum absolute atomic E-state index is 14.9. The van der Waals surface area contributed by atoms with Crippen LogP contribution in [0.3, 0.4) is 0 Å². The van der Waals surface area contributed by atoms with Crippen molar-refractivity contribution in [2.45, 2.75) is 135 Å². The van der Waals surface area contributed by atoms with Gasteiger partial charge in [0.1, 0.15) is 30.0 Å². The van der Waals surface area contributed by atoms with Crippen molar-refractivity contribution in [2.24, 2.45) is 0 Å². The molecule has 0 unspecified atom stereocenters. The van der Waals surface area contributed by atoms with Gasteiger partial charge in [-0.15, -0.1) is 0 Å². The Morgan fingerprint density at radius 3 is 1.81 bits per heavy atom. The molecule has 1 aliphatic heterocycles. The van der Waals surface area contributed by atoms with Crippen LogP contribution >= 0.6 is 0 Å². The SMILES string of the molecule is CC(=O)OC[C@H]1O[C@H](N([C@@H](CCC(=O)OC(C)(C)C)C(=O)OC(C)(C)C)S(=O)(=O)c2ccccc2[N+](=O)[O-])[C@H](OC(C)=O)[C@@H](OC(C)=O)[C@@H]1OC(C)=O. The van der Waals surface area contributed by atoms with Gasteiger partial charge in [-0.2, -0.15) is 4.31 Å². The summed E-state index contributed by atoms with van der Waals surface area (Å²) in [6, 6.07) is 1.98. The summed E-state index contributed by atoms with van der Waals surface area (Å²) in [6.07, 6.45) is -11.0. The second-order valence-electron chi connectivity index (χ2n) is 13.8. The number of nitrogens with zero attached hydrogens (tertiary/aromatic N) is 2. The van der Waals surface area contributed by atoms with E-state index in [9.17, 15) is 47.3 Å². The first kappa shape index (κ1) is 44.5. The summed E-state index contributed by atoms with van der Waals surface area (Å²) in [5.41, 5.74) is -3.23. The summed E-state index contributed by atoms with van der Waals surface area (Å²) in [5.74, 6) is -6.15. The predicted octanol–water partition coefficient (Wildman–Crippen LogP) is 2.50. The van der Waals surface area contributed by atoms with Crippen LogP contribution in [0.25, 0.3) is 0 Å². The van der Waals surface area contributed by atoms with E-state index in [1.54, 1.807) is 20.8 Å². The molecule has 0 spiro atoms. The van der Waals surface area contributed by atoms with Crippen molar-refractivity contribution in [1.82, 2.24) is 4.31 Å². The average molecular weight is 775 g/mol. The molecule has 0 amide bonds. The van der Waals surface area contributed by atoms with Crippen LogP contribution in [-0.2, 0) is 71.9 Å². The summed E-state index contributed by atoms with van der Waals surface area (Å²) >= 11 is 0. The molecule has 19 nitrogen and oxygen atoms in total. The van der Waals surface area contributed by atoms with Gasteiger partial charge in [0.15, 0.2) is 29.4 Å². The molecule has 1 aliphatic rings. The molecular formula is C33H46N2O17S. The van der Waals surface area contributed by atoms with Crippen molar-refractivity contribution in [3.8, 4) is 0 Å². The van der Waals surface area contributed by atoms with Crippen LogP contribution in [0.2, 0.25) is 0 Å². The fourth-order valence-electron chi connectivity index (χ4n) is 5.20. The number of carbonyl (C=O) groups is 6. The molecule has 1 heterocycles. The second kappa shape index (κ2) is 17.9. The van der Waals surface area contributed by atoms with Gasteiger partial charge in [-0.1, -0.05) is 12.1 Å². The Kier molecular flexibility index (Phi) is 15.0. The van der Waals surface area contributed by atoms with Crippen LogP contribution in [-0.4, -0.2) is 108 Å². The van der Waals surface area contributed by atoms with Gasteiger partial charge < -0.3 is 33.2 Å². The van der Waals surface area contributed by atoms with Gasteiger partial charge in [0, 0.05) is 40.2 Å². The van der Waals surface area contributed by atoms with Crippen molar-refractivity contribution >= 4 is 51.5 Å². The number of sulfonamides is 1. The zero-order valence-corrected chi connectivity index (χ0v) is 32.0. The largest absolute Gasteiger partial charge is 0.463 e. The van der Waals surface area contributed by atoms with E-state index < -0.39 is 129 Å². The monoisotopic (exact) mass is 774 g/mol. The van der Waals surface area contributed by atoms with Gasteiger partial charge in [0.2, 0.25) is 0 Å². The third-order valence-electron chi connectivity index (χ3n) is 6.86. The maximum atomic E-state index is 14.9. The van der Waals surface area contributed by atoms with Crippen LogP contribution in [0.1, 0.15) is 82.1 Å². The number of nitro groups is 1. The van der Waals surface area contributed by atoms with E-state index in [4.69, 9.17) is 33.2 Å². The number of hydrogen-bond acceptors (Lipinski definition) is 17. The Balaban J connectivity index is 3.10. The zero-order valence-electron chi connectivity index (χ0n) is 31.1. The highest BCUT2D eigenvalue weighted by molar-refractivity contribution is 7.89. The fraction of sp³-hybridized carbons (Fsp3) is 0.636. The molecule has 0 radical (unpaired) electrons. The van der Waals surface area contributed by atoms with Gasteiger partial charge in [-0.25, -0.2) is 8.42 Å². The van der Waals surface area contributed by atoms with E-state index in [0.717, 1.165) is 45.9 Å². The lowest BCUT2D eigenvalue weighted by Gasteiger charge is -2.48. The van der Waals surface area contributed by atoms with E-state index >= 15 is 0 Å². The van der Waals surface area contributed by atoms with Gasteiger partial charge in [-0.05, 0) is 54.0 Å². The minimum atomic E-state index is -5.41. The molecule has 0 bridgehead atoms. The molecule has 1 aromatic rings. The third kappa shape index (κ3) is 13.0. The Morgan fingerprint density at radius 2 is 1.32 bits per heavy atom. The number of para-hydroxylation sites is 1. The summed E-state index contributed by atoms with van der Waals surface area (Å²) in [7, 11) is -5.41. The number of esters is 6. The molecular weight excluding hydrogens is 728 g/mol. The van der Waals surface area contributed by atoms with Gasteiger partial charge in [-0.3, -0.25) is 38.9 Å². The first-order chi connectivity index (χ1) is 24.2. The van der Waals surface area contributed by atoms with E-state index in [1.165, 1.54) is 26.8 Å². The summed E-state index contributed by atoms with van der Waals surface area (Å²) in [6.45, 7) is 12.2. The topological polar surface area (TPSA) is 248 Å². The molecule has 6 atom stereocenters. The Morgan fingerprint density at radius 1 is 0.811 bits per heavy atom. The molecule has 1 aromatic carbocycles. The molecule has 296 valence electrons. The van der Waals surface area contributed by atoms with Crippen molar-refractivity contribution in [3.05, 3.63) is 34.4 Å². The average Bonchev–Trinajstić information content (AvgIpc) is 2.98. The standard InChI is InChI=1S/C33H46N2O17S/c1-18(36)46-17-24-27(47-19(2)37)28(48-20(3)38)29(49-21(4)39)30(50-24)34(53(44,45)25-14-12-11-13-22(25)35(42)43)23(31(41)52-33(8,9)10)15-16-26(40)51-32(5,6)7/h11-14,23-24,27-30H,15-17H2,1-10H3/t23-,24+,27+,28-,29+,30-/m0/s1. The van der Waals surface area contributed by atoms with Crippen LogP contribution in [0.5, 0.6) is 0 Å². The number of rotatable bonds is 14. The smallest absolute Gasteiger partial charge is 0.325 e. The summed E-state index contributed by atoms with van der Waals surface area (Å²) in [4.78, 5) is 86.6. The highest BCUT2D eigenvalue weighted by Crippen LogP contribution is 2.38. The third-order valence-corrected chi connectivity index (χ3v) is 8.78. The van der Waals surface area contributed by atoms with Crippen LogP contribution < -0.4 is 0 Å². The molecule has 0 aliphatic carbocycles.